The van der Waals surface area contributed by atoms with E-state index in [4.69, 9.17) is 4.42 Å². The van der Waals surface area contributed by atoms with E-state index in [1.54, 1.807) is 6.26 Å². The Morgan fingerprint density at radius 3 is 2.89 bits per heavy atom. The zero-order valence-corrected chi connectivity index (χ0v) is 10.1. The molecule has 2 fully saturated rings. The maximum absolute atomic E-state index is 12.4. The summed E-state index contributed by atoms with van der Waals surface area (Å²) in [7, 11) is 0. The van der Waals surface area contributed by atoms with E-state index < -0.39 is 0 Å². The number of furan rings is 1. The maximum atomic E-state index is 12.4. The van der Waals surface area contributed by atoms with Gasteiger partial charge < -0.3 is 14.6 Å². The molecule has 1 unspecified atom stereocenters. The highest BCUT2D eigenvalue weighted by molar-refractivity contribution is 5.89. The lowest BCUT2D eigenvalue weighted by Crippen LogP contribution is -2.38. The van der Waals surface area contributed by atoms with Crippen molar-refractivity contribution in [2.75, 3.05) is 6.54 Å². The van der Waals surface area contributed by atoms with Crippen molar-refractivity contribution in [1.29, 1.82) is 0 Å². The lowest BCUT2D eigenvalue weighted by Gasteiger charge is -2.23. The Morgan fingerprint density at radius 1 is 1.50 bits per heavy atom. The van der Waals surface area contributed by atoms with Crippen LogP contribution in [0.2, 0.25) is 0 Å². The third kappa shape index (κ3) is 2.25. The molecule has 1 aliphatic heterocycles. The normalized spacial score (nSPS) is 22.9. The van der Waals surface area contributed by atoms with Crippen LogP contribution in [0.25, 0.3) is 0 Å². The summed E-state index contributed by atoms with van der Waals surface area (Å²) in [6.45, 7) is 0.986. The minimum absolute atomic E-state index is 0.0258. The molecule has 18 heavy (non-hydrogen) atoms. The number of hydrogen-bond acceptors (Lipinski definition) is 3. The monoisotopic (exact) mass is 248 g/mol. The second-order valence-corrected chi connectivity index (χ2v) is 4.98. The molecule has 2 amide bonds. The van der Waals surface area contributed by atoms with E-state index in [2.05, 4.69) is 5.32 Å². The van der Waals surface area contributed by atoms with Gasteiger partial charge in [-0.05, 0) is 25.0 Å². The van der Waals surface area contributed by atoms with E-state index in [0.717, 1.165) is 18.6 Å². The van der Waals surface area contributed by atoms with Gasteiger partial charge in [0.2, 0.25) is 11.8 Å². The number of rotatable bonds is 4. The average molecular weight is 248 g/mol. The molecule has 1 aliphatic carbocycles. The van der Waals surface area contributed by atoms with E-state index >= 15 is 0 Å². The van der Waals surface area contributed by atoms with Gasteiger partial charge in [0, 0.05) is 19.0 Å². The van der Waals surface area contributed by atoms with E-state index in [9.17, 15) is 9.59 Å². The van der Waals surface area contributed by atoms with Gasteiger partial charge in [-0.25, -0.2) is 0 Å². The summed E-state index contributed by atoms with van der Waals surface area (Å²) in [5.74, 6) is 0.648. The molecule has 3 rings (SSSR count). The Hall–Kier alpha value is -1.78. The summed E-state index contributed by atoms with van der Waals surface area (Å²) in [4.78, 5) is 25.4. The standard InChI is InChI=1S/C13H16N2O3/c16-12-6-9(7-14-12)13(17)15(10-3-4-10)8-11-2-1-5-18-11/h1-2,5,9-10H,3-4,6-8H2,(H,14,16). The molecule has 1 saturated carbocycles. The van der Waals surface area contributed by atoms with Crippen LogP contribution in [-0.2, 0) is 16.1 Å². The molecule has 1 atom stereocenters. The van der Waals surface area contributed by atoms with Crippen LogP contribution in [0.15, 0.2) is 22.8 Å². The highest BCUT2D eigenvalue weighted by Gasteiger charge is 2.38. The Morgan fingerprint density at radius 2 is 2.33 bits per heavy atom. The minimum Gasteiger partial charge on any atom is -0.467 e. The molecular formula is C13H16N2O3. The fourth-order valence-electron chi connectivity index (χ4n) is 2.36. The summed E-state index contributed by atoms with van der Waals surface area (Å²) < 4.78 is 5.30. The molecule has 0 aromatic carbocycles. The van der Waals surface area contributed by atoms with Crippen LogP contribution >= 0.6 is 0 Å². The summed E-state index contributed by atoms with van der Waals surface area (Å²) in [6.07, 6.45) is 4.05. The van der Waals surface area contributed by atoms with Crippen LogP contribution in [0.3, 0.4) is 0 Å². The second kappa shape index (κ2) is 4.48. The summed E-state index contributed by atoms with van der Waals surface area (Å²) >= 11 is 0. The summed E-state index contributed by atoms with van der Waals surface area (Å²) in [6, 6.07) is 4.03. The Bertz CT molecular complexity index is 451. The van der Waals surface area contributed by atoms with Gasteiger partial charge in [0.05, 0.1) is 18.7 Å². The highest BCUT2D eigenvalue weighted by atomic mass is 16.3. The summed E-state index contributed by atoms with van der Waals surface area (Å²) in [5, 5.41) is 2.71. The van der Waals surface area contributed by atoms with Crippen molar-refractivity contribution in [3.05, 3.63) is 24.2 Å². The van der Waals surface area contributed by atoms with Crippen LogP contribution in [-0.4, -0.2) is 29.3 Å². The molecule has 0 radical (unpaired) electrons. The van der Waals surface area contributed by atoms with Gasteiger partial charge in [-0.15, -0.1) is 0 Å². The Balaban J connectivity index is 1.69. The van der Waals surface area contributed by atoms with Gasteiger partial charge >= 0.3 is 0 Å². The molecule has 1 aromatic rings. The fraction of sp³-hybridized carbons (Fsp3) is 0.538. The number of hydrogen-bond donors (Lipinski definition) is 1. The molecule has 1 aromatic heterocycles. The van der Waals surface area contributed by atoms with Gasteiger partial charge in [0.1, 0.15) is 5.76 Å². The fourth-order valence-corrected chi connectivity index (χ4v) is 2.36. The predicted molar refractivity (Wildman–Crippen MR) is 63.4 cm³/mol. The van der Waals surface area contributed by atoms with Crippen molar-refractivity contribution < 1.29 is 14.0 Å². The summed E-state index contributed by atoms with van der Waals surface area (Å²) in [5.41, 5.74) is 0. The smallest absolute Gasteiger partial charge is 0.228 e. The lowest BCUT2D eigenvalue weighted by molar-refractivity contribution is -0.137. The van der Waals surface area contributed by atoms with Crippen molar-refractivity contribution in [2.45, 2.75) is 31.8 Å². The maximum Gasteiger partial charge on any atom is 0.228 e. The zero-order valence-electron chi connectivity index (χ0n) is 10.1. The van der Waals surface area contributed by atoms with Gasteiger partial charge in [-0.2, -0.15) is 0 Å². The first kappa shape index (κ1) is 11.3. The van der Waals surface area contributed by atoms with Crippen molar-refractivity contribution >= 4 is 11.8 Å². The third-order valence-corrected chi connectivity index (χ3v) is 3.50. The topological polar surface area (TPSA) is 62.6 Å². The van der Waals surface area contributed by atoms with Crippen molar-refractivity contribution in [3.8, 4) is 0 Å². The molecule has 5 nitrogen and oxygen atoms in total. The zero-order chi connectivity index (χ0) is 12.5. The number of carbonyl (C=O) groups excluding carboxylic acids is 2. The van der Waals surface area contributed by atoms with Crippen LogP contribution in [0.1, 0.15) is 25.0 Å². The molecule has 2 heterocycles. The number of nitrogens with zero attached hydrogens (tertiary/aromatic N) is 1. The van der Waals surface area contributed by atoms with Crippen molar-refractivity contribution in [2.24, 2.45) is 5.92 Å². The lowest BCUT2D eigenvalue weighted by atomic mass is 10.1. The van der Waals surface area contributed by atoms with Crippen LogP contribution in [0.5, 0.6) is 0 Å². The van der Waals surface area contributed by atoms with Crippen LogP contribution in [0.4, 0.5) is 0 Å². The van der Waals surface area contributed by atoms with E-state index in [0.29, 0.717) is 25.6 Å². The van der Waals surface area contributed by atoms with Gasteiger partial charge in [0.15, 0.2) is 0 Å². The Kier molecular flexibility index (Phi) is 2.81. The number of nitrogens with one attached hydrogen (secondary N) is 1. The second-order valence-electron chi connectivity index (χ2n) is 4.98. The average Bonchev–Trinajstić information content (AvgIpc) is 2.88. The van der Waals surface area contributed by atoms with Crippen molar-refractivity contribution in [3.63, 3.8) is 0 Å². The molecular weight excluding hydrogens is 232 g/mol. The predicted octanol–water partition coefficient (Wildman–Crippen LogP) is 0.907. The first-order valence-electron chi connectivity index (χ1n) is 6.33. The number of amides is 2. The third-order valence-electron chi connectivity index (χ3n) is 3.50. The molecule has 1 N–H and O–H groups in total. The van der Waals surface area contributed by atoms with Gasteiger partial charge in [0.25, 0.3) is 0 Å². The van der Waals surface area contributed by atoms with E-state index in [1.165, 1.54) is 0 Å². The van der Waals surface area contributed by atoms with E-state index in [-0.39, 0.29) is 17.7 Å². The van der Waals surface area contributed by atoms with Gasteiger partial charge in [-0.3, -0.25) is 9.59 Å². The molecule has 1 saturated heterocycles. The Labute approximate surface area is 105 Å². The van der Waals surface area contributed by atoms with Crippen LogP contribution in [0, 0.1) is 5.92 Å². The molecule has 5 heteroatoms. The first-order valence-corrected chi connectivity index (χ1v) is 6.33. The largest absolute Gasteiger partial charge is 0.467 e. The highest BCUT2D eigenvalue weighted by Crippen LogP contribution is 2.30. The first-order chi connectivity index (χ1) is 8.74. The SMILES string of the molecule is O=C1CC(C(=O)N(Cc2ccco2)C2CC2)CN1. The van der Waals surface area contributed by atoms with Gasteiger partial charge in [-0.1, -0.05) is 0 Å². The quantitative estimate of drug-likeness (QED) is 0.861. The molecule has 2 aliphatic rings. The minimum atomic E-state index is -0.201. The molecule has 0 spiro atoms. The van der Waals surface area contributed by atoms with E-state index in [1.807, 2.05) is 17.0 Å². The molecule has 96 valence electrons. The van der Waals surface area contributed by atoms with Crippen molar-refractivity contribution in [1.82, 2.24) is 10.2 Å². The number of carbonyl (C=O) groups is 2. The molecule has 0 bridgehead atoms. The van der Waals surface area contributed by atoms with Crippen LogP contribution < -0.4 is 5.32 Å².